The third-order valence-corrected chi connectivity index (χ3v) is 5.86. The lowest BCUT2D eigenvalue weighted by Crippen LogP contribution is -2.37. The Hall–Kier alpha value is -1.06. The molecule has 1 heterocycles. The zero-order valence-corrected chi connectivity index (χ0v) is 13.7. The van der Waals surface area contributed by atoms with E-state index in [0.29, 0.717) is 21.8 Å². The summed E-state index contributed by atoms with van der Waals surface area (Å²) < 4.78 is 0. The Labute approximate surface area is 134 Å². The Morgan fingerprint density at radius 2 is 2.19 bits per heavy atom. The van der Waals surface area contributed by atoms with Gasteiger partial charge in [-0.05, 0) is 36.7 Å². The number of rotatable bonds is 2. The fraction of sp³-hybridized carbons (Fsp3) is 0.500. The summed E-state index contributed by atoms with van der Waals surface area (Å²) in [6, 6.07) is 1.58. The summed E-state index contributed by atoms with van der Waals surface area (Å²) in [4.78, 5) is 16.9. The van der Waals surface area contributed by atoms with Crippen LogP contribution in [0.1, 0.15) is 33.1 Å². The Morgan fingerprint density at radius 3 is 2.76 bits per heavy atom. The molecule has 1 N–H and O–H groups in total. The van der Waals surface area contributed by atoms with Gasteiger partial charge in [0.2, 0.25) is 5.91 Å². The van der Waals surface area contributed by atoms with E-state index in [0.717, 1.165) is 24.8 Å². The standard InChI is InChI=1S/C16H18Cl2N2O/c1-9-15(2,3)10-4-5-16(9,7-10)14(21)20-13-12(18)6-11(17)8-19-13/h6,8,10H,1,4-5,7H2,2-3H3,(H,19,20,21). The van der Waals surface area contributed by atoms with E-state index >= 15 is 0 Å². The minimum atomic E-state index is -0.473. The SMILES string of the molecule is C=C1C2(C(=O)Nc3ncc(Cl)cc3Cl)CCC(C2)C1(C)C. The van der Waals surface area contributed by atoms with Crippen LogP contribution in [0.4, 0.5) is 5.82 Å². The number of nitrogens with one attached hydrogen (secondary N) is 1. The van der Waals surface area contributed by atoms with Crippen molar-refractivity contribution in [3.05, 3.63) is 34.5 Å². The first-order chi connectivity index (χ1) is 9.77. The third-order valence-electron chi connectivity index (χ3n) is 5.36. The van der Waals surface area contributed by atoms with Crippen molar-refractivity contribution in [3.63, 3.8) is 0 Å². The first-order valence-electron chi connectivity index (χ1n) is 7.10. The minimum absolute atomic E-state index is 0.0206. The van der Waals surface area contributed by atoms with Crippen LogP contribution in [0.3, 0.4) is 0 Å². The molecule has 3 rings (SSSR count). The molecule has 2 aliphatic carbocycles. The molecule has 1 amide bonds. The Bertz CT molecular complexity index is 641. The van der Waals surface area contributed by atoms with Crippen LogP contribution in [0.2, 0.25) is 10.0 Å². The quantitative estimate of drug-likeness (QED) is 0.800. The minimum Gasteiger partial charge on any atom is -0.309 e. The lowest BCUT2D eigenvalue weighted by molar-refractivity contribution is -0.123. The monoisotopic (exact) mass is 324 g/mol. The van der Waals surface area contributed by atoms with Gasteiger partial charge in [0.05, 0.1) is 15.5 Å². The van der Waals surface area contributed by atoms with Crippen LogP contribution in [-0.4, -0.2) is 10.9 Å². The number of fused-ring (bicyclic) bond motifs is 2. The molecule has 112 valence electrons. The predicted octanol–water partition coefficient (Wildman–Crippen LogP) is 4.71. The smallest absolute Gasteiger partial charge is 0.235 e. The van der Waals surface area contributed by atoms with Crippen LogP contribution < -0.4 is 5.32 Å². The molecule has 2 bridgehead atoms. The molecule has 5 heteroatoms. The van der Waals surface area contributed by atoms with Crippen LogP contribution >= 0.6 is 23.2 Å². The van der Waals surface area contributed by atoms with Crippen molar-refractivity contribution in [2.75, 3.05) is 5.32 Å². The lowest BCUT2D eigenvalue weighted by atomic mass is 9.68. The highest BCUT2D eigenvalue weighted by Gasteiger charge is 2.60. The number of carbonyl (C=O) groups excluding carboxylic acids is 1. The van der Waals surface area contributed by atoms with E-state index < -0.39 is 5.41 Å². The van der Waals surface area contributed by atoms with E-state index in [2.05, 4.69) is 30.7 Å². The number of carbonyl (C=O) groups is 1. The van der Waals surface area contributed by atoms with Crippen LogP contribution in [0, 0.1) is 16.7 Å². The van der Waals surface area contributed by atoms with Gasteiger partial charge in [-0.25, -0.2) is 4.98 Å². The lowest BCUT2D eigenvalue weighted by Gasteiger charge is -2.37. The predicted molar refractivity (Wildman–Crippen MR) is 85.6 cm³/mol. The van der Waals surface area contributed by atoms with Gasteiger partial charge < -0.3 is 5.32 Å². The Balaban J connectivity index is 1.88. The molecule has 0 aromatic carbocycles. The molecule has 2 saturated carbocycles. The van der Waals surface area contributed by atoms with Gasteiger partial charge in [-0.2, -0.15) is 0 Å². The third kappa shape index (κ3) is 2.09. The van der Waals surface area contributed by atoms with Gasteiger partial charge in [-0.1, -0.05) is 49.2 Å². The maximum atomic E-state index is 12.8. The van der Waals surface area contributed by atoms with E-state index in [1.54, 1.807) is 6.07 Å². The van der Waals surface area contributed by atoms with Gasteiger partial charge in [0.1, 0.15) is 0 Å². The van der Waals surface area contributed by atoms with E-state index in [1.165, 1.54) is 6.20 Å². The number of hydrogen-bond acceptors (Lipinski definition) is 2. The van der Waals surface area contributed by atoms with Gasteiger partial charge in [0.25, 0.3) is 0 Å². The number of pyridine rings is 1. The summed E-state index contributed by atoms with van der Waals surface area (Å²) in [5.74, 6) is 0.850. The second-order valence-corrected chi connectivity index (χ2v) is 7.50. The molecular weight excluding hydrogens is 307 g/mol. The highest BCUT2D eigenvalue weighted by Crippen LogP contribution is 2.65. The van der Waals surface area contributed by atoms with Crippen molar-refractivity contribution in [1.82, 2.24) is 4.98 Å². The summed E-state index contributed by atoms with van der Waals surface area (Å²) in [6.07, 6.45) is 4.28. The molecule has 21 heavy (non-hydrogen) atoms. The van der Waals surface area contributed by atoms with E-state index in [9.17, 15) is 4.79 Å². The molecule has 3 nitrogen and oxygen atoms in total. The number of amides is 1. The molecule has 2 atom stereocenters. The second-order valence-electron chi connectivity index (χ2n) is 6.66. The second kappa shape index (κ2) is 4.72. The van der Waals surface area contributed by atoms with Gasteiger partial charge in [0.15, 0.2) is 5.82 Å². The van der Waals surface area contributed by atoms with Crippen molar-refractivity contribution in [2.45, 2.75) is 33.1 Å². The zero-order valence-electron chi connectivity index (χ0n) is 12.2. The molecule has 0 radical (unpaired) electrons. The molecule has 2 fully saturated rings. The summed E-state index contributed by atoms with van der Waals surface area (Å²) in [5.41, 5.74) is 0.583. The highest BCUT2D eigenvalue weighted by molar-refractivity contribution is 6.36. The fourth-order valence-corrected chi connectivity index (χ4v) is 4.30. The summed E-state index contributed by atoms with van der Waals surface area (Å²) in [6.45, 7) is 8.59. The number of hydrogen-bond donors (Lipinski definition) is 1. The van der Waals surface area contributed by atoms with Gasteiger partial charge in [0, 0.05) is 6.20 Å². The van der Waals surface area contributed by atoms with Crippen molar-refractivity contribution < 1.29 is 4.79 Å². The summed E-state index contributed by atoms with van der Waals surface area (Å²) in [7, 11) is 0. The van der Waals surface area contributed by atoms with Crippen LogP contribution in [0.25, 0.3) is 0 Å². The largest absolute Gasteiger partial charge is 0.309 e. The molecule has 0 aliphatic heterocycles. The van der Waals surface area contributed by atoms with Gasteiger partial charge >= 0.3 is 0 Å². The molecule has 2 aliphatic rings. The number of halogens is 2. The summed E-state index contributed by atoms with van der Waals surface area (Å²) in [5, 5.41) is 3.66. The maximum Gasteiger partial charge on any atom is 0.235 e. The normalized spacial score (nSPS) is 29.7. The zero-order chi connectivity index (χ0) is 15.4. The Kier molecular flexibility index (Phi) is 3.34. The molecular formula is C16H18Cl2N2O. The van der Waals surface area contributed by atoms with Gasteiger partial charge in [-0.15, -0.1) is 0 Å². The molecule has 2 unspecified atom stereocenters. The summed E-state index contributed by atoms with van der Waals surface area (Å²) >= 11 is 11.9. The van der Waals surface area contributed by atoms with Gasteiger partial charge in [-0.3, -0.25) is 4.79 Å². The van der Waals surface area contributed by atoms with Crippen molar-refractivity contribution >= 4 is 34.9 Å². The number of nitrogens with zero attached hydrogens (tertiary/aromatic N) is 1. The fourth-order valence-electron chi connectivity index (χ4n) is 3.88. The van der Waals surface area contributed by atoms with E-state index in [1.807, 2.05) is 0 Å². The molecule has 0 spiro atoms. The topological polar surface area (TPSA) is 42.0 Å². The maximum absolute atomic E-state index is 12.8. The van der Waals surface area contributed by atoms with E-state index in [-0.39, 0.29) is 11.3 Å². The van der Waals surface area contributed by atoms with Crippen molar-refractivity contribution in [1.29, 1.82) is 0 Å². The highest BCUT2D eigenvalue weighted by atomic mass is 35.5. The first-order valence-corrected chi connectivity index (χ1v) is 7.85. The first kappa shape index (κ1) is 14.9. The van der Waals surface area contributed by atoms with Crippen molar-refractivity contribution in [3.8, 4) is 0 Å². The van der Waals surface area contributed by atoms with Crippen LogP contribution in [0.5, 0.6) is 0 Å². The number of anilines is 1. The average molecular weight is 325 g/mol. The molecule has 1 aromatic heterocycles. The average Bonchev–Trinajstić information content (AvgIpc) is 2.93. The number of aromatic nitrogens is 1. The van der Waals surface area contributed by atoms with Crippen molar-refractivity contribution in [2.24, 2.45) is 16.7 Å². The van der Waals surface area contributed by atoms with Crippen LogP contribution in [-0.2, 0) is 4.79 Å². The Morgan fingerprint density at radius 1 is 1.48 bits per heavy atom. The van der Waals surface area contributed by atoms with E-state index in [4.69, 9.17) is 23.2 Å². The molecule has 1 aromatic rings. The van der Waals surface area contributed by atoms with Crippen LogP contribution in [0.15, 0.2) is 24.4 Å². The molecule has 0 saturated heterocycles.